The lowest BCUT2D eigenvalue weighted by Crippen LogP contribution is -1.62. The van der Waals surface area contributed by atoms with E-state index in [0.29, 0.717) is 0 Å². The summed E-state index contributed by atoms with van der Waals surface area (Å²) in [5.41, 5.74) is 0. The van der Waals surface area contributed by atoms with Gasteiger partial charge in [-0.1, -0.05) is 60.8 Å². The molecule has 0 heterocycles. The van der Waals surface area contributed by atoms with E-state index in [2.05, 4.69) is 36.5 Å². The quantitative estimate of drug-likeness (QED) is 0.473. The van der Waals surface area contributed by atoms with Gasteiger partial charge in [-0.3, -0.25) is 0 Å². The molecule has 1 aliphatic carbocycles. The van der Waals surface area contributed by atoms with Crippen molar-refractivity contribution in [3.63, 3.8) is 0 Å². The average molecular weight is 158 g/mol. The third kappa shape index (κ3) is 4.51. The van der Waals surface area contributed by atoms with E-state index in [1.807, 2.05) is 24.3 Å². The Morgan fingerprint density at radius 3 is 1.33 bits per heavy atom. The van der Waals surface area contributed by atoms with Gasteiger partial charge in [0.05, 0.1) is 0 Å². The fourth-order valence-electron chi connectivity index (χ4n) is 0.920. The summed E-state index contributed by atoms with van der Waals surface area (Å²) in [5, 5.41) is 0. The SMILES string of the molecule is C1=CC/C=C/C\C=C/C=C/C=C\1. The van der Waals surface area contributed by atoms with E-state index in [1.165, 1.54) is 0 Å². The predicted molar refractivity (Wildman–Crippen MR) is 54.9 cm³/mol. The Labute approximate surface area is 74.3 Å². The minimum atomic E-state index is 1.03. The van der Waals surface area contributed by atoms with E-state index in [9.17, 15) is 0 Å². The van der Waals surface area contributed by atoms with Gasteiger partial charge in [-0.2, -0.15) is 0 Å². The summed E-state index contributed by atoms with van der Waals surface area (Å²) in [5.74, 6) is 0. The fourth-order valence-corrected chi connectivity index (χ4v) is 0.920. The van der Waals surface area contributed by atoms with Crippen LogP contribution in [0.25, 0.3) is 0 Å². The van der Waals surface area contributed by atoms with Crippen LogP contribution < -0.4 is 0 Å². The Morgan fingerprint density at radius 2 is 0.833 bits per heavy atom. The molecule has 0 aromatic carbocycles. The second-order valence-electron chi connectivity index (χ2n) is 2.57. The molecule has 0 bridgehead atoms. The van der Waals surface area contributed by atoms with Crippen LogP contribution in [0.5, 0.6) is 0 Å². The summed E-state index contributed by atoms with van der Waals surface area (Å²) in [7, 11) is 0. The lowest BCUT2D eigenvalue weighted by Gasteiger charge is -1.83. The van der Waals surface area contributed by atoms with E-state index < -0.39 is 0 Å². The second kappa shape index (κ2) is 6.41. The highest BCUT2D eigenvalue weighted by molar-refractivity contribution is 5.16. The predicted octanol–water partition coefficient (Wildman–Crippen LogP) is 3.56. The average Bonchev–Trinajstić information content (AvgIpc) is 2.05. The minimum absolute atomic E-state index is 1.03. The summed E-state index contributed by atoms with van der Waals surface area (Å²) in [6.07, 6.45) is 23.0. The van der Waals surface area contributed by atoms with Crippen molar-refractivity contribution in [1.29, 1.82) is 0 Å². The molecule has 0 amide bonds. The molecule has 0 saturated heterocycles. The first-order valence-corrected chi connectivity index (χ1v) is 4.30. The molecule has 1 aliphatic rings. The highest BCUT2D eigenvalue weighted by atomic mass is 13.8. The molecular formula is C12H14. The van der Waals surface area contributed by atoms with Gasteiger partial charge in [0.15, 0.2) is 0 Å². The van der Waals surface area contributed by atoms with E-state index >= 15 is 0 Å². The molecule has 0 aromatic heterocycles. The molecule has 12 heavy (non-hydrogen) atoms. The maximum absolute atomic E-state index is 2.18. The van der Waals surface area contributed by atoms with Crippen LogP contribution in [-0.2, 0) is 0 Å². The molecular weight excluding hydrogens is 144 g/mol. The van der Waals surface area contributed by atoms with Crippen molar-refractivity contribution in [1.82, 2.24) is 0 Å². The first-order valence-electron chi connectivity index (χ1n) is 4.30. The van der Waals surface area contributed by atoms with Crippen LogP contribution >= 0.6 is 0 Å². The molecule has 62 valence electrons. The molecule has 1 rings (SSSR count). The Bertz CT molecular complexity index is 211. The van der Waals surface area contributed by atoms with Crippen molar-refractivity contribution in [2.75, 3.05) is 0 Å². The number of hydrogen-bond acceptors (Lipinski definition) is 0. The number of allylic oxidation sites excluding steroid dienone is 10. The van der Waals surface area contributed by atoms with E-state index in [1.54, 1.807) is 0 Å². The topological polar surface area (TPSA) is 0 Å². The Hall–Kier alpha value is -1.30. The molecule has 0 radical (unpaired) electrons. The van der Waals surface area contributed by atoms with Crippen molar-refractivity contribution < 1.29 is 0 Å². The summed E-state index contributed by atoms with van der Waals surface area (Å²) in [6.45, 7) is 0. The first kappa shape index (κ1) is 8.79. The standard InChI is InChI=1S/C12H14/c1-2-4-6-8-10-12-11-9-7-5-3-1/h1-8,11-12H,9-10H2/b3-1-,4-2+,7-5?,8-6-,12-11+. The molecule has 0 N–H and O–H groups in total. The highest BCUT2D eigenvalue weighted by Crippen LogP contribution is 1.93. The molecule has 0 saturated carbocycles. The van der Waals surface area contributed by atoms with Gasteiger partial charge in [0.25, 0.3) is 0 Å². The lowest BCUT2D eigenvalue weighted by molar-refractivity contribution is 1.31. The summed E-state index contributed by atoms with van der Waals surface area (Å²) in [4.78, 5) is 0. The van der Waals surface area contributed by atoms with E-state index in [-0.39, 0.29) is 0 Å². The lowest BCUT2D eigenvalue weighted by atomic mass is 10.2. The third-order valence-corrected chi connectivity index (χ3v) is 1.54. The van der Waals surface area contributed by atoms with Crippen LogP contribution in [0.2, 0.25) is 0 Å². The molecule has 0 aliphatic heterocycles. The minimum Gasteiger partial charge on any atom is -0.0844 e. The van der Waals surface area contributed by atoms with Gasteiger partial charge in [-0.15, -0.1) is 0 Å². The van der Waals surface area contributed by atoms with E-state index in [0.717, 1.165) is 12.8 Å². The van der Waals surface area contributed by atoms with Gasteiger partial charge < -0.3 is 0 Å². The summed E-state index contributed by atoms with van der Waals surface area (Å²) >= 11 is 0. The third-order valence-electron chi connectivity index (χ3n) is 1.54. The van der Waals surface area contributed by atoms with Crippen LogP contribution in [0.3, 0.4) is 0 Å². The molecule has 0 nitrogen and oxygen atoms in total. The Morgan fingerprint density at radius 1 is 0.417 bits per heavy atom. The van der Waals surface area contributed by atoms with Crippen LogP contribution in [0.4, 0.5) is 0 Å². The summed E-state index contributed by atoms with van der Waals surface area (Å²) in [6, 6.07) is 0. The largest absolute Gasteiger partial charge is 0.0844 e. The molecule has 0 unspecified atom stereocenters. The van der Waals surface area contributed by atoms with Crippen LogP contribution in [0.1, 0.15) is 12.8 Å². The van der Waals surface area contributed by atoms with Gasteiger partial charge in [0.2, 0.25) is 0 Å². The van der Waals surface area contributed by atoms with Gasteiger partial charge in [-0.05, 0) is 12.8 Å². The van der Waals surface area contributed by atoms with Crippen LogP contribution in [0, 0.1) is 0 Å². The zero-order valence-corrected chi connectivity index (χ0v) is 7.19. The van der Waals surface area contributed by atoms with Crippen molar-refractivity contribution in [2.45, 2.75) is 12.8 Å². The maximum Gasteiger partial charge on any atom is -0.0166 e. The zero-order chi connectivity index (χ0) is 8.49. The van der Waals surface area contributed by atoms with Crippen molar-refractivity contribution >= 4 is 0 Å². The molecule has 0 atom stereocenters. The smallest absolute Gasteiger partial charge is 0.0166 e. The van der Waals surface area contributed by atoms with Crippen molar-refractivity contribution in [3.8, 4) is 0 Å². The van der Waals surface area contributed by atoms with Crippen LogP contribution in [0.15, 0.2) is 60.8 Å². The van der Waals surface area contributed by atoms with Crippen molar-refractivity contribution in [3.05, 3.63) is 60.8 Å². The van der Waals surface area contributed by atoms with E-state index in [4.69, 9.17) is 0 Å². The Kier molecular flexibility index (Phi) is 4.70. The van der Waals surface area contributed by atoms with Gasteiger partial charge in [0, 0.05) is 0 Å². The van der Waals surface area contributed by atoms with Gasteiger partial charge in [0.1, 0.15) is 0 Å². The second-order valence-corrected chi connectivity index (χ2v) is 2.57. The molecule has 0 aromatic rings. The van der Waals surface area contributed by atoms with Crippen molar-refractivity contribution in [2.24, 2.45) is 0 Å². The number of rotatable bonds is 0. The summed E-state index contributed by atoms with van der Waals surface area (Å²) < 4.78 is 0. The molecule has 0 heteroatoms. The Balaban J connectivity index is 2.55. The molecule has 0 spiro atoms. The normalized spacial score (nSPS) is 28.0. The maximum atomic E-state index is 2.18. The number of hydrogen-bond donors (Lipinski definition) is 0. The highest BCUT2D eigenvalue weighted by Gasteiger charge is 1.72. The van der Waals surface area contributed by atoms with Gasteiger partial charge >= 0.3 is 0 Å². The fraction of sp³-hybridized carbons (Fsp3) is 0.167. The monoisotopic (exact) mass is 158 g/mol. The van der Waals surface area contributed by atoms with Crippen LogP contribution in [-0.4, -0.2) is 0 Å². The van der Waals surface area contributed by atoms with Gasteiger partial charge in [-0.25, -0.2) is 0 Å². The molecule has 0 fully saturated rings. The zero-order valence-electron chi connectivity index (χ0n) is 7.19. The first-order chi connectivity index (χ1) is 6.00.